The molecule has 1 fully saturated rings. The summed E-state index contributed by atoms with van der Waals surface area (Å²) in [6.07, 6.45) is 6.71. The van der Waals surface area contributed by atoms with Gasteiger partial charge in [0.25, 0.3) is 23.6 Å². The monoisotopic (exact) mass is 1440 g/mol. The van der Waals surface area contributed by atoms with Gasteiger partial charge in [0, 0.05) is 95.3 Å². The molecule has 7 amide bonds. The highest BCUT2D eigenvalue weighted by Crippen LogP contribution is 2.32. The van der Waals surface area contributed by atoms with Crippen LogP contribution < -0.4 is 32.2 Å². The number of nitrogens with two attached hydrogens (primary N) is 2. The lowest BCUT2D eigenvalue weighted by molar-refractivity contribution is -0.141. The first kappa shape index (κ1) is 79.8. The maximum Gasteiger partial charge on any atom is 0.276 e. The van der Waals surface area contributed by atoms with Gasteiger partial charge in [-0.3, -0.25) is 63.4 Å². The number of ether oxygens (including phenoxy) is 11. The second kappa shape index (κ2) is 43.3. The summed E-state index contributed by atoms with van der Waals surface area (Å²) in [6.45, 7) is 22.8. The number of hydrogen-bond donors (Lipinski definition) is 5. The fraction of sp³-hybridized carbons (Fsp3) is 0.551. The summed E-state index contributed by atoms with van der Waals surface area (Å²) in [5.41, 5.74) is 16.0. The van der Waals surface area contributed by atoms with E-state index in [9.17, 15) is 33.6 Å². The highest BCUT2D eigenvalue weighted by molar-refractivity contribution is 6.14. The first-order valence-corrected chi connectivity index (χ1v) is 34.8. The van der Waals surface area contributed by atoms with Crippen LogP contribution in [-0.2, 0) is 87.9 Å². The number of carbonyl (C=O) groups is 7. The van der Waals surface area contributed by atoms with E-state index in [-0.39, 0.29) is 55.8 Å². The number of aromatic nitrogens is 8. The van der Waals surface area contributed by atoms with Crippen LogP contribution in [0.3, 0.4) is 0 Å². The SMILES string of the molecule is CCn1nc(C)cc1C(=O)Nc1nc2cc(C(N)=O)ccc2n1C/C=C/Cn1c(NC(=O)c2cc(C)nn2CC)nc2cc(C(N)=O)cc(OCCCN3CCN(CCOCCOCCOCCOCCOCCOCCOCCOCCOCCOCCNC(=O)CN4C(=O)C=CC4=O)CC3)c21. The second-order valence-electron chi connectivity index (χ2n) is 23.7. The molecule has 2 aliphatic rings. The topological polar surface area (TPSA) is 390 Å². The zero-order valence-electron chi connectivity index (χ0n) is 59.3. The van der Waals surface area contributed by atoms with Gasteiger partial charge in [-0.1, -0.05) is 12.2 Å². The van der Waals surface area contributed by atoms with E-state index in [4.69, 9.17) is 73.5 Å². The molecule has 8 rings (SSSR count). The summed E-state index contributed by atoms with van der Waals surface area (Å²) in [4.78, 5) is 103. The number of carbonyl (C=O) groups excluding carboxylic acids is 7. The number of anilines is 2. The molecule has 0 atom stereocenters. The van der Waals surface area contributed by atoms with Gasteiger partial charge in [-0.15, -0.1) is 0 Å². The molecule has 7 N–H and O–H groups in total. The molecule has 0 spiro atoms. The second-order valence-corrected chi connectivity index (χ2v) is 23.7. The van der Waals surface area contributed by atoms with E-state index in [1.165, 1.54) is 0 Å². The minimum absolute atomic E-state index is 0.170. The molecule has 4 aromatic heterocycles. The van der Waals surface area contributed by atoms with Gasteiger partial charge in [0.15, 0.2) is 0 Å². The van der Waals surface area contributed by atoms with Crippen LogP contribution in [-0.4, -0.2) is 286 Å². The molecule has 562 valence electrons. The van der Waals surface area contributed by atoms with Gasteiger partial charge in [0.1, 0.15) is 29.2 Å². The quantitative estimate of drug-likeness (QED) is 0.0207. The Labute approximate surface area is 597 Å². The summed E-state index contributed by atoms with van der Waals surface area (Å²) >= 11 is 0. The summed E-state index contributed by atoms with van der Waals surface area (Å²) in [5, 5.41) is 17.4. The van der Waals surface area contributed by atoms with Crippen molar-refractivity contribution in [3.63, 3.8) is 0 Å². The number of primary amides is 2. The minimum Gasteiger partial charge on any atom is -0.491 e. The zero-order valence-corrected chi connectivity index (χ0v) is 59.3. The maximum atomic E-state index is 14.0. The predicted octanol–water partition coefficient (Wildman–Crippen LogP) is 1.99. The molecule has 6 aromatic rings. The molecule has 2 aromatic carbocycles. The van der Waals surface area contributed by atoms with Gasteiger partial charge in [-0.2, -0.15) is 10.2 Å². The summed E-state index contributed by atoms with van der Waals surface area (Å²) in [6, 6.07) is 11.5. The largest absolute Gasteiger partial charge is 0.491 e. The van der Waals surface area contributed by atoms with Crippen LogP contribution in [0.15, 0.2) is 66.8 Å². The minimum atomic E-state index is -0.669. The van der Waals surface area contributed by atoms with E-state index in [1.54, 1.807) is 61.0 Å². The molecule has 34 nitrogen and oxygen atoms in total. The van der Waals surface area contributed by atoms with Crippen LogP contribution in [0.2, 0.25) is 0 Å². The lowest BCUT2D eigenvalue weighted by Crippen LogP contribution is -2.47. The number of nitrogens with one attached hydrogen (secondary N) is 3. The number of aryl methyl sites for hydroxylation is 4. The number of nitrogens with zero attached hydrogens (tertiary/aromatic N) is 11. The van der Waals surface area contributed by atoms with Crippen molar-refractivity contribution in [3.8, 4) is 5.75 Å². The number of rotatable bonds is 52. The smallest absolute Gasteiger partial charge is 0.276 e. The molecule has 2 aliphatic heterocycles. The summed E-state index contributed by atoms with van der Waals surface area (Å²) < 4.78 is 69.0. The van der Waals surface area contributed by atoms with E-state index < -0.39 is 41.4 Å². The Morgan fingerprint density at radius 2 is 0.932 bits per heavy atom. The number of piperazine rings is 1. The first-order valence-electron chi connectivity index (χ1n) is 34.8. The first-order chi connectivity index (χ1) is 50.1. The molecule has 0 saturated carbocycles. The fourth-order valence-corrected chi connectivity index (χ4v) is 11.0. The molecule has 0 aliphatic carbocycles. The number of imidazole rings is 2. The number of benzene rings is 2. The number of allylic oxidation sites excluding steroid dienone is 2. The summed E-state index contributed by atoms with van der Waals surface area (Å²) in [5.74, 6) is -2.79. The van der Waals surface area contributed by atoms with E-state index in [1.807, 2.05) is 39.8 Å². The van der Waals surface area contributed by atoms with Crippen molar-refractivity contribution < 1.29 is 85.7 Å². The van der Waals surface area contributed by atoms with Crippen LogP contribution in [0.25, 0.3) is 22.1 Å². The normalized spacial score (nSPS) is 13.6. The Hall–Kier alpha value is -8.91. The average molecular weight is 1440 g/mol. The third kappa shape index (κ3) is 25.8. The Balaban J connectivity index is 0.650. The Bertz CT molecular complexity index is 3760. The van der Waals surface area contributed by atoms with E-state index in [2.05, 4.69) is 35.9 Å². The fourth-order valence-electron chi connectivity index (χ4n) is 11.0. The Morgan fingerprint density at radius 3 is 1.41 bits per heavy atom. The molecule has 0 radical (unpaired) electrons. The van der Waals surface area contributed by atoms with Crippen molar-refractivity contribution in [1.29, 1.82) is 0 Å². The third-order valence-electron chi connectivity index (χ3n) is 16.2. The average Bonchev–Trinajstić information content (AvgIpc) is 1.64. The Morgan fingerprint density at radius 1 is 0.505 bits per heavy atom. The maximum absolute atomic E-state index is 14.0. The van der Waals surface area contributed by atoms with E-state index in [0.717, 1.165) is 56.3 Å². The summed E-state index contributed by atoms with van der Waals surface area (Å²) in [7, 11) is 0. The van der Waals surface area contributed by atoms with Crippen molar-refractivity contribution in [2.75, 3.05) is 202 Å². The van der Waals surface area contributed by atoms with Gasteiger partial charge >= 0.3 is 0 Å². The molecule has 0 bridgehead atoms. The van der Waals surface area contributed by atoms with Crippen molar-refractivity contribution in [1.82, 2.24) is 58.7 Å². The lowest BCUT2D eigenvalue weighted by atomic mass is 10.1. The van der Waals surface area contributed by atoms with Gasteiger partial charge < -0.3 is 82.9 Å². The molecule has 103 heavy (non-hydrogen) atoms. The van der Waals surface area contributed by atoms with E-state index >= 15 is 0 Å². The third-order valence-corrected chi connectivity index (χ3v) is 16.2. The van der Waals surface area contributed by atoms with E-state index in [0.29, 0.717) is 202 Å². The molecule has 6 heterocycles. The highest BCUT2D eigenvalue weighted by atomic mass is 16.6. The molecule has 0 unspecified atom stereocenters. The lowest BCUT2D eigenvalue weighted by Gasteiger charge is -2.34. The van der Waals surface area contributed by atoms with Crippen LogP contribution in [0.1, 0.15) is 73.3 Å². The predicted molar refractivity (Wildman–Crippen MR) is 377 cm³/mol. The van der Waals surface area contributed by atoms with Crippen LogP contribution in [0, 0.1) is 13.8 Å². The molecule has 1 saturated heterocycles. The van der Waals surface area contributed by atoms with Crippen molar-refractivity contribution >= 4 is 75.3 Å². The van der Waals surface area contributed by atoms with Gasteiger partial charge in [0.2, 0.25) is 29.6 Å². The highest BCUT2D eigenvalue weighted by Gasteiger charge is 2.27. The molecule has 34 heteroatoms. The number of amides is 7. The number of hydrogen-bond acceptors (Lipinski definition) is 24. The van der Waals surface area contributed by atoms with Crippen molar-refractivity contribution in [3.05, 3.63) is 101 Å². The van der Waals surface area contributed by atoms with Crippen molar-refractivity contribution in [2.24, 2.45) is 11.5 Å². The molecular weight excluding hydrogens is 1340 g/mol. The van der Waals surface area contributed by atoms with Crippen LogP contribution in [0.5, 0.6) is 5.75 Å². The molecular formula is C69H98N16O18. The number of imide groups is 1. The Kier molecular flexibility index (Phi) is 33.5. The number of fused-ring (bicyclic) bond motifs is 2. The van der Waals surface area contributed by atoms with Gasteiger partial charge in [0.05, 0.1) is 167 Å². The van der Waals surface area contributed by atoms with Crippen LogP contribution in [0.4, 0.5) is 11.9 Å². The van der Waals surface area contributed by atoms with Crippen molar-refractivity contribution in [2.45, 2.75) is 60.3 Å². The van der Waals surface area contributed by atoms with Crippen LogP contribution >= 0.6 is 0 Å². The van der Waals surface area contributed by atoms with Gasteiger partial charge in [-0.25, -0.2) is 9.97 Å². The van der Waals surface area contributed by atoms with Gasteiger partial charge in [-0.05, 0) is 76.6 Å². The zero-order chi connectivity index (χ0) is 73.1. The standard InChI is InChI=1S/C69H98N16O18/c1-5-84-57(44-50(3)77-84)66(91)75-68-73-54-46-52(64(70)89)10-11-56(54)81(68)16-7-8-17-82-63-55(74-69(82)76-67(92)58-45-51(4)78-85(58)6-2)47-53(65(71)90)48-59(63)103-23-9-15-79-18-20-80(21-19-79)22-25-94-27-29-96-31-33-98-35-37-100-39-41-102-43-42-101-40-38-99-36-34-97-32-30-95-28-26-93-24-14-72-60(86)49-83-61(87)12-13-62(83)88/h7-8,10-13,44-48H,5-6,9,14-43,49H2,1-4H3,(H2,70,89)(H2,71,90)(H,72,86)(H,73,75,91)(H,74,76,92)/b8-7+.